The third kappa shape index (κ3) is 3.11. The van der Waals surface area contributed by atoms with E-state index in [1.165, 1.54) is 4.90 Å². The largest absolute Gasteiger partial charge is 0.444 e. The van der Waals surface area contributed by atoms with Gasteiger partial charge in [0.1, 0.15) is 5.60 Å². The minimum atomic E-state index is -0.510. The van der Waals surface area contributed by atoms with Crippen molar-refractivity contribution in [1.29, 1.82) is 5.26 Å². The number of nitrogens with zero attached hydrogens (tertiary/aromatic N) is 2. The standard InChI is InChI=1S/C11H18N2O3/c1-11(2,3)16-10(14)13-6-8(5-12)9(7-13)15-4/h8-9H,6-7H2,1-4H3/t8-,9-/m1/s1. The summed E-state index contributed by atoms with van der Waals surface area (Å²) in [6, 6.07) is 2.14. The van der Waals surface area contributed by atoms with Gasteiger partial charge in [0.2, 0.25) is 0 Å². The van der Waals surface area contributed by atoms with Gasteiger partial charge in [-0.15, -0.1) is 0 Å². The molecule has 1 aliphatic rings. The van der Waals surface area contributed by atoms with Gasteiger partial charge in [0.05, 0.1) is 24.6 Å². The molecule has 1 rings (SSSR count). The number of ether oxygens (including phenoxy) is 2. The molecule has 0 bridgehead atoms. The van der Waals surface area contributed by atoms with E-state index in [9.17, 15) is 4.79 Å². The van der Waals surface area contributed by atoms with Crippen molar-refractivity contribution in [2.75, 3.05) is 20.2 Å². The van der Waals surface area contributed by atoms with E-state index in [4.69, 9.17) is 14.7 Å². The Morgan fingerprint density at radius 2 is 2.06 bits per heavy atom. The maximum atomic E-state index is 11.7. The first kappa shape index (κ1) is 12.8. The number of amides is 1. The summed E-state index contributed by atoms with van der Waals surface area (Å²) in [4.78, 5) is 13.2. The number of nitriles is 1. The van der Waals surface area contributed by atoms with Crippen LogP contribution in [0.2, 0.25) is 0 Å². The quantitative estimate of drug-likeness (QED) is 0.678. The second kappa shape index (κ2) is 4.71. The number of carbonyl (C=O) groups excluding carboxylic acids is 1. The molecule has 1 fully saturated rings. The highest BCUT2D eigenvalue weighted by Crippen LogP contribution is 2.21. The number of carbonyl (C=O) groups is 1. The fourth-order valence-corrected chi connectivity index (χ4v) is 1.61. The first-order valence-electron chi connectivity index (χ1n) is 5.27. The van der Waals surface area contributed by atoms with E-state index in [-0.39, 0.29) is 18.1 Å². The average Bonchev–Trinajstić information content (AvgIpc) is 2.57. The zero-order valence-electron chi connectivity index (χ0n) is 10.2. The van der Waals surface area contributed by atoms with Gasteiger partial charge in [0, 0.05) is 13.7 Å². The Morgan fingerprint density at radius 1 is 1.44 bits per heavy atom. The molecule has 1 saturated heterocycles. The molecule has 1 amide bonds. The van der Waals surface area contributed by atoms with E-state index in [0.717, 1.165) is 0 Å². The van der Waals surface area contributed by atoms with Crippen LogP contribution < -0.4 is 0 Å². The zero-order valence-corrected chi connectivity index (χ0v) is 10.2. The zero-order chi connectivity index (χ0) is 12.3. The van der Waals surface area contributed by atoms with Crippen molar-refractivity contribution in [1.82, 2.24) is 4.90 Å². The van der Waals surface area contributed by atoms with Crippen molar-refractivity contribution in [3.05, 3.63) is 0 Å². The first-order valence-corrected chi connectivity index (χ1v) is 5.27. The number of rotatable bonds is 1. The van der Waals surface area contributed by atoms with Crippen molar-refractivity contribution in [2.24, 2.45) is 5.92 Å². The normalized spacial score (nSPS) is 25.3. The Bertz CT molecular complexity index is 303. The highest BCUT2D eigenvalue weighted by molar-refractivity contribution is 5.68. The van der Waals surface area contributed by atoms with Crippen LogP contribution in [0.3, 0.4) is 0 Å². The van der Waals surface area contributed by atoms with Crippen molar-refractivity contribution in [2.45, 2.75) is 32.5 Å². The Labute approximate surface area is 95.9 Å². The van der Waals surface area contributed by atoms with Crippen LogP contribution >= 0.6 is 0 Å². The summed E-state index contributed by atoms with van der Waals surface area (Å²) in [6.45, 7) is 6.25. The molecule has 0 aromatic carbocycles. The minimum Gasteiger partial charge on any atom is -0.444 e. The van der Waals surface area contributed by atoms with Crippen LogP contribution in [0.25, 0.3) is 0 Å². The van der Waals surface area contributed by atoms with Gasteiger partial charge in [0.25, 0.3) is 0 Å². The fraction of sp³-hybridized carbons (Fsp3) is 0.818. The summed E-state index contributed by atoms with van der Waals surface area (Å²) in [5.74, 6) is -0.266. The second-order valence-corrected chi connectivity index (χ2v) is 4.90. The van der Waals surface area contributed by atoms with E-state index in [1.54, 1.807) is 7.11 Å². The third-order valence-electron chi connectivity index (χ3n) is 2.39. The van der Waals surface area contributed by atoms with Gasteiger partial charge in [-0.05, 0) is 20.8 Å². The second-order valence-electron chi connectivity index (χ2n) is 4.90. The van der Waals surface area contributed by atoms with E-state index in [1.807, 2.05) is 20.8 Å². The molecule has 0 saturated carbocycles. The van der Waals surface area contributed by atoms with Crippen LogP contribution in [0.15, 0.2) is 0 Å². The summed E-state index contributed by atoms with van der Waals surface area (Å²) in [5.41, 5.74) is -0.510. The molecule has 0 aromatic rings. The molecule has 1 aliphatic heterocycles. The number of hydrogen-bond donors (Lipinski definition) is 0. The van der Waals surface area contributed by atoms with Crippen molar-refractivity contribution >= 4 is 6.09 Å². The third-order valence-corrected chi connectivity index (χ3v) is 2.39. The summed E-state index contributed by atoms with van der Waals surface area (Å²) in [6.07, 6.45) is -0.593. The lowest BCUT2D eigenvalue weighted by molar-refractivity contribution is 0.0252. The molecular weight excluding hydrogens is 208 g/mol. The van der Waals surface area contributed by atoms with E-state index >= 15 is 0 Å². The van der Waals surface area contributed by atoms with Gasteiger partial charge in [-0.1, -0.05) is 0 Å². The van der Waals surface area contributed by atoms with E-state index < -0.39 is 5.60 Å². The Kier molecular flexibility index (Phi) is 3.76. The lowest BCUT2D eigenvalue weighted by Gasteiger charge is -2.24. The molecule has 5 heteroatoms. The predicted molar refractivity (Wildman–Crippen MR) is 57.7 cm³/mol. The topological polar surface area (TPSA) is 62.6 Å². The van der Waals surface area contributed by atoms with Crippen molar-refractivity contribution in [3.8, 4) is 6.07 Å². The molecule has 0 radical (unpaired) electrons. The molecule has 0 aromatic heterocycles. The number of likely N-dealkylation sites (tertiary alicyclic amines) is 1. The summed E-state index contributed by atoms with van der Waals surface area (Å²) in [7, 11) is 1.55. The molecular formula is C11H18N2O3. The molecule has 1 heterocycles. The van der Waals surface area contributed by atoms with Gasteiger partial charge in [-0.3, -0.25) is 0 Å². The first-order chi connectivity index (χ1) is 7.37. The molecule has 16 heavy (non-hydrogen) atoms. The van der Waals surface area contributed by atoms with Gasteiger partial charge in [0.15, 0.2) is 0 Å². The van der Waals surface area contributed by atoms with Crippen LogP contribution in [0.1, 0.15) is 20.8 Å². The van der Waals surface area contributed by atoms with Crippen LogP contribution in [0.4, 0.5) is 4.79 Å². The summed E-state index contributed by atoms with van der Waals surface area (Å²) >= 11 is 0. The Hall–Kier alpha value is -1.28. The predicted octanol–water partition coefficient (Wildman–Crippen LogP) is 1.39. The lowest BCUT2D eigenvalue weighted by Crippen LogP contribution is -2.36. The lowest BCUT2D eigenvalue weighted by atomic mass is 10.1. The molecule has 5 nitrogen and oxygen atoms in total. The molecule has 0 N–H and O–H groups in total. The van der Waals surface area contributed by atoms with Gasteiger partial charge < -0.3 is 14.4 Å². The monoisotopic (exact) mass is 226 g/mol. The number of methoxy groups -OCH3 is 1. The highest BCUT2D eigenvalue weighted by Gasteiger charge is 2.37. The van der Waals surface area contributed by atoms with Gasteiger partial charge in [-0.2, -0.15) is 5.26 Å². The molecule has 0 unspecified atom stereocenters. The Balaban J connectivity index is 2.58. The smallest absolute Gasteiger partial charge is 0.410 e. The molecule has 0 aliphatic carbocycles. The summed E-state index contributed by atoms with van der Waals surface area (Å²) in [5, 5.41) is 8.89. The maximum absolute atomic E-state index is 11.7. The molecule has 90 valence electrons. The average molecular weight is 226 g/mol. The highest BCUT2D eigenvalue weighted by atomic mass is 16.6. The van der Waals surface area contributed by atoms with E-state index in [2.05, 4.69) is 6.07 Å². The summed E-state index contributed by atoms with van der Waals surface area (Å²) < 4.78 is 10.4. The van der Waals surface area contributed by atoms with Gasteiger partial charge in [-0.25, -0.2) is 4.79 Å². The van der Waals surface area contributed by atoms with Crippen LogP contribution in [0, 0.1) is 17.2 Å². The Morgan fingerprint density at radius 3 is 2.44 bits per heavy atom. The SMILES string of the molecule is CO[C@@H]1CN(C(=O)OC(C)(C)C)C[C@H]1C#N. The van der Waals surface area contributed by atoms with Crippen LogP contribution in [0.5, 0.6) is 0 Å². The van der Waals surface area contributed by atoms with Crippen molar-refractivity contribution < 1.29 is 14.3 Å². The van der Waals surface area contributed by atoms with Gasteiger partial charge >= 0.3 is 6.09 Å². The number of hydrogen-bond acceptors (Lipinski definition) is 4. The van der Waals surface area contributed by atoms with Crippen molar-refractivity contribution in [3.63, 3.8) is 0 Å². The van der Waals surface area contributed by atoms with Crippen LogP contribution in [-0.4, -0.2) is 42.9 Å². The van der Waals surface area contributed by atoms with E-state index in [0.29, 0.717) is 13.1 Å². The maximum Gasteiger partial charge on any atom is 0.410 e. The van der Waals surface area contributed by atoms with Crippen LogP contribution in [-0.2, 0) is 9.47 Å². The minimum absolute atomic E-state index is 0.211. The molecule has 2 atom stereocenters. The fourth-order valence-electron chi connectivity index (χ4n) is 1.61. The molecule has 0 spiro atoms.